The van der Waals surface area contributed by atoms with Gasteiger partial charge in [-0.05, 0) is 49.9 Å². The van der Waals surface area contributed by atoms with Crippen molar-refractivity contribution in [3.8, 4) is 5.69 Å². The lowest BCUT2D eigenvalue weighted by Crippen LogP contribution is -2.27. The van der Waals surface area contributed by atoms with E-state index in [-0.39, 0.29) is 17.5 Å². The van der Waals surface area contributed by atoms with E-state index in [4.69, 9.17) is 4.98 Å². The molecule has 1 aliphatic heterocycles. The molecule has 4 aromatic rings. The third kappa shape index (κ3) is 3.62. The molecule has 0 fully saturated rings. The van der Waals surface area contributed by atoms with E-state index in [1.165, 1.54) is 17.7 Å². The van der Waals surface area contributed by atoms with Gasteiger partial charge < -0.3 is 5.32 Å². The Labute approximate surface area is 188 Å². The molecule has 0 spiro atoms. The molecule has 1 amide bonds. The van der Waals surface area contributed by atoms with Crippen LogP contribution in [-0.4, -0.2) is 30.2 Å². The average molecular weight is 449 g/mol. The minimum absolute atomic E-state index is 0.0172. The van der Waals surface area contributed by atoms with Crippen LogP contribution in [0.4, 0.5) is 0 Å². The first-order chi connectivity index (χ1) is 15.5. The monoisotopic (exact) mass is 448 g/mol. The van der Waals surface area contributed by atoms with E-state index in [9.17, 15) is 9.59 Å². The largest absolute Gasteiger partial charge is 0.345 e. The molecule has 8 nitrogen and oxygen atoms in total. The molecule has 4 heterocycles. The summed E-state index contributed by atoms with van der Waals surface area (Å²) < 4.78 is 3.48. The van der Waals surface area contributed by atoms with Gasteiger partial charge in [0.15, 0.2) is 0 Å². The van der Waals surface area contributed by atoms with Crippen molar-refractivity contribution in [2.24, 2.45) is 0 Å². The fraction of sp³-hybridized carbons (Fsp3) is 0.348. The minimum Gasteiger partial charge on any atom is -0.345 e. The number of hydrogen-bond acceptors (Lipinski definition) is 6. The van der Waals surface area contributed by atoms with Crippen molar-refractivity contribution in [3.63, 3.8) is 0 Å². The normalized spacial score (nSPS) is 14.7. The summed E-state index contributed by atoms with van der Waals surface area (Å²) in [5.74, 6) is 0.659. The second-order valence-corrected chi connectivity index (χ2v) is 9.16. The molecule has 9 heteroatoms. The van der Waals surface area contributed by atoms with Crippen molar-refractivity contribution in [2.75, 3.05) is 0 Å². The number of carbonyl (C=O) groups excluding carboxylic acids is 1. The predicted octanol–water partition coefficient (Wildman–Crippen LogP) is 3.56. The fourth-order valence-corrected chi connectivity index (χ4v) is 5.32. The number of aryl methyl sites for hydroxylation is 2. The number of amides is 1. The van der Waals surface area contributed by atoms with Crippen molar-refractivity contribution >= 4 is 27.5 Å². The number of benzene rings is 1. The summed E-state index contributed by atoms with van der Waals surface area (Å²) in [7, 11) is 0. The molecule has 0 saturated carbocycles. The van der Waals surface area contributed by atoms with E-state index in [1.807, 2.05) is 38.1 Å². The highest BCUT2D eigenvalue weighted by Crippen LogP contribution is 2.29. The minimum atomic E-state index is -0.192. The Bertz CT molecular complexity index is 1340. The van der Waals surface area contributed by atoms with Gasteiger partial charge in [-0.25, -0.2) is 14.6 Å². The summed E-state index contributed by atoms with van der Waals surface area (Å²) in [6.07, 6.45) is 7.09. The fourth-order valence-electron chi connectivity index (χ4n) is 4.23. The molecule has 0 bridgehead atoms. The molecule has 1 unspecified atom stereocenters. The first kappa shape index (κ1) is 20.6. The van der Waals surface area contributed by atoms with Gasteiger partial charge in [-0.3, -0.25) is 14.2 Å². The Morgan fingerprint density at radius 3 is 2.75 bits per heavy atom. The summed E-state index contributed by atoms with van der Waals surface area (Å²) in [5.41, 5.74) is 2.58. The van der Waals surface area contributed by atoms with Crippen LogP contribution in [0.15, 0.2) is 41.7 Å². The van der Waals surface area contributed by atoms with Gasteiger partial charge in [0.2, 0.25) is 0 Å². The summed E-state index contributed by atoms with van der Waals surface area (Å²) in [6, 6.07) is 7.61. The third-order valence-electron chi connectivity index (χ3n) is 6.04. The Balaban J connectivity index is 1.40. The topological polar surface area (TPSA) is 94.7 Å². The van der Waals surface area contributed by atoms with Gasteiger partial charge in [-0.1, -0.05) is 18.6 Å². The van der Waals surface area contributed by atoms with Crippen molar-refractivity contribution in [3.05, 3.63) is 69.1 Å². The molecule has 164 valence electrons. The maximum absolute atomic E-state index is 13.1. The lowest BCUT2D eigenvalue weighted by Gasteiger charge is -2.14. The Morgan fingerprint density at radius 1 is 1.19 bits per heavy atom. The van der Waals surface area contributed by atoms with Crippen molar-refractivity contribution in [1.29, 1.82) is 0 Å². The predicted molar refractivity (Wildman–Crippen MR) is 123 cm³/mol. The zero-order valence-corrected chi connectivity index (χ0v) is 18.9. The highest BCUT2D eigenvalue weighted by Gasteiger charge is 2.23. The molecule has 1 atom stereocenters. The second-order valence-electron chi connectivity index (χ2n) is 8.16. The zero-order chi connectivity index (χ0) is 22.2. The quantitative estimate of drug-likeness (QED) is 0.515. The summed E-state index contributed by atoms with van der Waals surface area (Å²) in [6.45, 7) is 4.49. The van der Waals surface area contributed by atoms with Crippen molar-refractivity contribution < 1.29 is 4.79 Å². The maximum Gasteiger partial charge on any atom is 0.262 e. The standard InChI is InChI=1S/C23H24N6O2S/c1-14-19-22(27-18-6-4-3-5-11-28(18)23(19)31)32-20(14)21(30)26-15(2)16-7-9-17(10-8-16)29-13-24-12-25-29/h7-10,12-13,15H,3-6,11H2,1-2H3,(H,26,30). The molecule has 1 aromatic carbocycles. The van der Waals surface area contributed by atoms with Crippen LogP contribution in [0, 0.1) is 6.92 Å². The van der Waals surface area contributed by atoms with E-state index in [2.05, 4.69) is 15.4 Å². The number of aromatic nitrogens is 5. The number of rotatable bonds is 4. The van der Waals surface area contributed by atoms with Gasteiger partial charge in [0.25, 0.3) is 11.5 Å². The smallest absolute Gasteiger partial charge is 0.262 e. The van der Waals surface area contributed by atoms with Gasteiger partial charge >= 0.3 is 0 Å². The molecular weight excluding hydrogens is 424 g/mol. The molecule has 0 aliphatic carbocycles. The number of thiophene rings is 1. The molecule has 32 heavy (non-hydrogen) atoms. The van der Waals surface area contributed by atoms with E-state index >= 15 is 0 Å². The first-order valence-corrected chi connectivity index (χ1v) is 11.6. The molecule has 0 saturated heterocycles. The highest BCUT2D eigenvalue weighted by atomic mass is 32.1. The summed E-state index contributed by atoms with van der Waals surface area (Å²) >= 11 is 1.31. The van der Waals surface area contributed by atoms with E-state index < -0.39 is 0 Å². The number of fused-ring (bicyclic) bond motifs is 2. The van der Waals surface area contributed by atoms with Crippen LogP contribution in [0.5, 0.6) is 0 Å². The molecule has 0 radical (unpaired) electrons. The number of nitrogens with one attached hydrogen (secondary N) is 1. The van der Waals surface area contributed by atoms with Crippen LogP contribution in [0.1, 0.15) is 58.9 Å². The van der Waals surface area contributed by atoms with Gasteiger partial charge in [0.05, 0.1) is 22.0 Å². The molecule has 1 aliphatic rings. The highest BCUT2D eigenvalue weighted by molar-refractivity contribution is 7.20. The third-order valence-corrected chi connectivity index (χ3v) is 7.23. The van der Waals surface area contributed by atoms with Crippen LogP contribution in [0.3, 0.4) is 0 Å². The summed E-state index contributed by atoms with van der Waals surface area (Å²) in [4.78, 5) is 36.2. The molecule has 5 rings (SSSR count). The van der Waals surface area contributed by atoms with Crippen LogP contribution in [0.25, 0.3) is 15.9 Å². The number of hydrogen-bond donors (Lipinski definition) is 1. The van der Waals surface area contributed by atoms with Gasteiger partial charge in [0.1, 0.15) is 23.3 Å². The van der Waals surface area contributed by atoms with E-state index in [0.717, 1.165) is 42.8 Å². The molecular formula is C23H24N6O2S. The lowest BCUT2D eigenvalue weighted by molar-refractivity contribution is 0.0943. The van der Waals surface area contributed by atoms with Crippen molar-refractivity contribution in [2.45, 2.75) is 52.1 Å². The summed E-state index contributed by atoms with van der Waals surface area (Å²) in [5, 5.41) is 7.77. The average Bonchev–Trinajstić information content (AvgIpc) is 3.37. The SMILES string of the molecule is Cc1c(C(=O)NC(C)c2ccc(-n3cncn3)cc2)sc2nc3n(c(=O)c12)CCCCC3. The van der Waals surface area contributed by atoms with Crippen LogP contribution < -0.4 is 10.9 Å². The Hall–Kier alpha value is -3.33. The van der Waals surface area contributed by atoms with E-state index in [1.54, 1.807) is 15.6 Å². The van der Waals surface area contributed by atoms with Gasteiger partial charge in [-0.2, -0.15) is 5.10 Å². The number of nitrogens with zero attached hydrogens (tertiary/aromatic N) is 5. The van der Waals surface area contributed by atoms with Gasteiger partial charge in [-0.15, -0.1) is 11.3 Å². The van der Waals surface area contributed by atoms with Crippen LogP contribution in [-0.2, 0) is 13.0 Å². The Morgan fingerprint density at radius 2 is 2.00 bits per heavy atom. The first-order valence-electron chi connectivity index (χ1n) is 10.8. The molecule has 3 aromatic heterocycles. The lowest BCUT2D eigenvalue weighted by atomic mass is 10.1. The second kappa shape index (κ2) is 8.31. The van der Waals surface area contributed by atoms with Gasteiger partial charge in [0, 0.05) is 13.0 Å². The molecule has 1 N–H and O–H groups in total. The number of carbonyl (C=O) groups is 1. The van der Waals surface area contributed by atoms with E-state index in [0.29, 0.717) is 27.2 Å². The zero-order valence-electron chi connectivity index (χ0n) is 18.0. The van der Waals surface area contributed by atoms with Crippen LogP contribution >= 0.6 is 11.3 Å². The maximum atomic E-state index is 13.1. The van der Waals surface area contributed by atoms with Crippen molar-refractivity contribution in [1.82, 2.24) is 29.6 Å². The van der Waals surface area contributed by atoms with Crippen LogP contribution in [0.2, 0.25) is 0 Å². The Kier molecular flexibility index (Phi) is 5.34.